The molecule has 1 N–H and O–H groups in total. The van der Waals surface area contributed by atoms with Gasteiger partial charge < -0.3 is 5.32 Å². The molecule has 2 fully saturated rings. The quantitative estimate of drug-likeness (QED) is 0.869. The van der Waals surface area contributed by atoms with Gasteiger partial charge in [0, 0.05) is 28.6 Å². The minimum Gasteiger partial charge on any atom is -0.311 e. The van der Waals surface area contributed by atoms with E-state index in [1.807, 2.05) is 6.07 Å². The van der Waals surface area contributed by atoms with Crippen molar-refractivity contribution in [2.45, 2.75) is 63.7 Å². The number of hydrogen-bond donors (Lipinski definition) is 1. The number of rotatable bonds is 4. The Morgan fingerprint density at radius 3 is 2.57 bits per heavy atom. The van der Waals surface area contributed by atoms with Crippen LogP contribution < -0.4 is 5.32 Å². The molecule has 2 bridgehead atoms. The highest BCUT2D eigenvalue weighted by atomic mass is 79.9. The van der Waals surface area contributed by atoms with Gasteiger partial charge in [-0.15, -0.1) is 0 Å². The molecule has 116 valence electrons. The molecule has 1 aromatic carbocycles. The maximum atomic E-state index is 13.3. The lowest BCUT2D eigenvalue weighted by Crippen LogP contribution is -2.48. The van der Waals surface area contributed by atoms with Gasteiger partial charge in [-0.1, -0.05) is 28.9 Å². The second-order valence-electron chi connectivity index (χ2n) is 6.44. The van der Waals surface area contributed by atoms with Gasteiger partial charge in [-0.2, -0.15) is 0 Å². The summed E-state index contributed by atoms with van der Waals surface area (Å²) in [5, 5.41) is 3.71. The maximum absolute atomic E-state index is 13.3. The molecule has 0 aromatic heterocycles. The molecule has 4 heteroatoms. The minimum absolute atomic E-state index is 0.180. The molecule has 2 nitrogen and oxygen atoms in total. The summed E-state index contributed by atoms with van der Waals surface area (Å²) >= 11 is 3.53. The van der Waals surface area contributed by atoms with Crippen LogP contribution in [0.2, 0.25) is 0 Å². The van der Waals surface area contributed by atoms with E-state index in [-0.39, 0.29) is 5.82 Å². The topological polar surface area (TPSA) is 15.3 Å². The van der Waals surface area contributed by atoms with Gasteiger partial charge in [-0.3, -0.25) is 4.90 Å². The van der Waals surface area contributed by atoms with Gasteiger partial charge in [0.2, 0.25) is 0 Å². The van der Waals surface area contributed by atoms with Crippen molar-refractivity contribution in [3.8, 4) is 0 Å². The van der Waals surface area contributed by atoms with Crippen LogP contribution in [0.25, 0.3) is 0 Å². The summed E-state index contributed by atoms with van der Waals surface area (Å²) in [7, 11) is 0. The van der Waals surface area contributed by atoms with Gasteiger partial charge in [-0.25, -0.2) is 4.39 Å². The fourth-order valence-corrected chi connectivity index (χ4v) is 4.85. The third-order valence-corrected chi connectivity index (χ3v) is 5.88. The molecule has 3 unspecified atom stereocenters. The zero-order valence-electron chi connectivity index (χ0n) is 12.8. The fraction of sp³-hybridized carbons (Fsp3) is 0.647. The Morgan fingerprint density at radius 1 is 1.33 bits per heavy atom. The van der Waals surface area contributed by atoms with Crippen molar-refractivity contribution in [3.63, 3.8) is 0 Å². The number of nitrogens with one attached hydrogen (secondary N) is 1. The molecular formula is C17H24BrFN2. The Bertz CT molecular complexity index is 496. The van der Waals surface area contributed by atoms with Crippen LogP contribution in [0.5, 0.6) is 0 Å². The molecule has 2 saturated heterocycles. The Morgan fingerprint density at radius 2 is 2.00 bits per heavy atom. The fourth-order valence-electron chi connectivity index (χ4n) is 4.17. The molecule has 0 saturated carbocycles. The van der Waals surface area contributed by atoms with E-state index < -0.39 is 0 Å². The summed E-state index contributed by atoms with van der Waals surface area (Å²) in [6.07, 6.45) is 5.14. The average molecular weight is 355 g/mol. The van der Waals surface area contributed by atoms with E-state index in [0.29, 0.717) is 24.2 Å². The van der Waals surface area contributed by atoms with E-state index in [9.17, 15) is 4.39 Å². The van der Waals surface area contributed by atoms with Gasteiger partial charge in [-0.05, 0) is 56.8 Å². The third kappa shape index (κ3) is 3.17. The number of hydrogen-bond acceptors (Lipinski definition) is 2. The molecule has 0 spiro atoms. The highest BCUT2D eigenvalue weighted by Gasteiger charge is 2.37. The highest BCUT2D eigenvalue weighted by Crippen LogP contribution is 2.35. The summed E-state index contributed by atoms with van der Waals surface area (Å²) in [5.41, 5.74) is 1.18. The molecule has 3 atom stereocenters. The van der Waals surface area contributed by atoms with Gasteiger partial charge >= 0.3 is 0 Å². The first-order valence-electron chi connectivity index (χ1n) is 8.05. The van der Waals surface area contributed by atoms with E-state index >= 15 is 0 Å². The average Bonchev–Trinajstić information content (AvgIpc) is 2.78. The second-order valence-corrected chi connectivity index (χ2v) is 7.29. The SMILES string of the molecule is CCN(C1CC2CCC(C1)N2)C(C)c1ccc(F)cc1Br. The first-order valence-corrected chi connectivity index (χ1v) is 8.84. The normalized spacial score (nSPS) is 29.9. The zero-order chi connectivity index (χ0) is 15.0. The van der Waals surface area contributed by atoms with Crippen molar-refractivity contribution in [3.05, 3.63) is 34.1 Å². The van der Waals surface area contributed by atoms with Crippen LogP contribution in [0.1, 0.15) is 51.1 Å². The molecule has 21 heavy (non-hydrogen) atoms. The Kier molecular flexibility index (Phi) is 4.67. The summed E-state index contributed by atoms with van der Waals surface area (Å²) < 4.78 is 14.2. The Labute approximate surface area is 135 Å². The summed E-state index contributed by atoms with van der Waals surface area (Å²) in [5.74, 6) is -0.180. The van der Waals surface area contributed by atoms with E-state index in [2.05, 4.69) is 40.0 Å². The Hall–Kier alpha value is -0.450. The molecule has 0 aliphatic carbocycles. The first-order chi connectivity index (χ1) is 10.1. The first kappa shape index (κ1) is 15.4. The second kappa shape index (κ2) is 6.35. The van der Waals surface area contributed by atoms with Crippen molar-refractivity contribution in [2.75, 3.05) is 6.54 Å². The van der Waals surface area contributed by atoms with Crippen molar-refractivity contribution in [2.24, 2.45) is 0 Å². The van der Waals surface area contributed by atoms with Crippen molar-refractivity contribution >= 4 is 15.9 Å². The molecule has 3 rings (SSSR count). The predicted molar refractivity (Wildman–Crippen MR) is 87.9 cm³/mol. The number of fused-ring (bicyclic) bond motifs is 2. The van der Waals surface area contributed by atoms with Crippen LogP contribution in [-0.4, -0.2) is 29.6 Å². The molecule has 1 aromatic rings. The van der Waals surface area contributed by atoms with Gasteiger partial charge in [0.15, 0.2) is 0 Å². The zero-order valence-corrected chi connectivity index (χ0v) is 14.4. The monoisotopic (exact) mass is 354 g/mol. The molecule has 2 aliphatic heterocycles. The van der Waals surface area contributed by atoms with Crippen molar-refractivity contribution in [1.29, 1.82) is 0 Å². The largest absolute Gasteiger partial charge is 0.311 e. The number of benzene rings is 1. The highest BCUT2D eigenvalue weighted by molar-refractivity contribution is 9.10. The Balaban J connectivity index is 1.79. The molecule has 2 heterocycles. The summed E-state index contributed by atoms with van der Waals surface area (Å²) in [4.78, 5) is 2.59. The lowest BCUT2D eigenvalue weighted by atomic mass is 9.95. The van der Waals surface area contributed by atoms with Crippen LogP contribution in [0.3, 0.4) is 0 Å². The van der Waals surface area contributed by atoms with Crippen LogP contribution >= 0.6 is 15.9 Å². The number of nitrogens with zero attached hydrogens (tertiary/aromatic N) is 1. The van der Waals surface area contributed by atoms with Crippen LogP contribution in [-0.2, 0) is 0 Å². The lowest BCUT2D eigenvalue weighted by Gasteiger charge is -2.41. The standard InChI is InChI=1S/C17H24BrFN2/c1-3-21(15-9-13-5-6-14(10-15)20-13)11(2)16-7-4-12(19)8-17(16)18/h4,7-8,11,13-15,20H,3,5-6,9-10H2,1-2H3. The predicted octanol–water partition coefficient (Wildman–Crippen LogP) is 4.25. The van der Waals surface area contributed by atoms with Crippen LogP contribution in [0, 0.1) is 5.82 Å². The smallest absolute Gasteiger partial charge is 0.124 e. The minimum atomic E-state index is -0.180. The van der Waals surface area contributed by atoms with E-state index in [4.69, 9.17) is 0 Å². The van der Waals surface area contributed by atoms with Crippen molar-refractivity contribution in [1.82, 2.24) is 10.2 Å². The van der Waals surface area contributed by atoms with Gasteiger partial charge in [0.05, 0.1) is 0 Å². The maximum Gasteiger partial charge on any atom is 0.124 e. The van der Waals surface area contributed by atoms with Gasteiger partial charge in [0.25, 0.3) is 0 Å². The molecular weight excluding hydrogens is 331 g/mol. The number of halogens is 2. The molecule has 0 radical (unpaired) electrons. The van der Waals surface area contributed by atoms with E-state index in [1.165, 1.54) is 31.2 Å². The molecule has 2 aliphatic rings. The van der Waals surface area contributed by atoms with Crippen LogP contribution in [0.4, 0.5) is 4.39 Å². The van der Waals surface area contributed by atoms with Crippen molar-refractivity contribution < 1.29 is 4.39 Å². The van der Waals surface area contributed by atoms with Crippen LogP contribution in [0.15, 0.2) is 22.7 Å². The van der Waals surface area contributed by atoms with E-state index in [0.717, 1.165) is 11.0 Å². The molecule has 0 amide bonds. The van der Waals surface area contributed by atoms with Gasteiger partial charge in [0.1, 0.15) is 5.82 Å². The summed E-state index contributed by atoms with van der Waals surface area (Å²) in [6.45, 7) is 5.51. The lowest BCUT2D eigenvalue weighted by molar-refractivity contribution is 0.107. The third-order valence-electron chi connectivity index (χ3n) is 5.19. The van der Waals surface area contributed by atoms with E-state index in [1.54, 1.807) is 12.1 Å². The number of piperidine rings is 1. The summed E-state index contributed by atoms with van der Waals surface area (Å²) in [6, 6.07) is 7.41.